The van der Waals surface area contributed by atoms with Crippen LogP contribution in [0.15, 0.2) is 16.0 Å². The molecule has 0 bridgehead atoms. The molecule has 0 aromatic rings. The minimum absolute atomic E-state index is 0.149. The van der Waals surface area contributed by atoms with E-state index in [9.17, 15) is 4.79 Å². The van der Waals surface area contributed by atoms with Gasteiger partial charge in [-0.15, -0.1) is 0 Å². The molecule has 5 heteroatoms. The Hall–Kier alpha value is -1.10. The molecular formula is C42H84N2O2S. The van der Waals surface area contributed by atoms with E-state index in [0.29, 0.717) is 24.0 Å². The second kappa shape index (κ2) is 41.1. The lowest BCUT2D eigenvalue weighted by atomic mass is 10.0. The molecule has 4 nitrogen and oxygen atoms in total. The molecule has 280 valence electrons. The normalized spacial score (nSPS) is 12.7. The molecule has 1 aliphatic carbocycles. The number of nitrogens with zero attached hydrogens (tertiary/aromatic N) is 1. The van der Waals surface area contributed by atoms with E-state index in [4.69, 9.17) is 10.1 Å². The van der Waals surface area contributed by atoms with Gasteiger partial charge in [0.15, 0.2) is 0 Å². The molecule has 0 aromatic carbocycles. The van der Waals surface area contributed by atoms with E-state index in [1.807, 2.05) is 13.8 Å². The first-order valence-corrected chi connectivity index (χ1v) is 20.9. The molecule has 0 unspecified atom stereocenters. The summed E-state index contributed by atoms with van der Waals surface area (Å²) in [6.07, 6.45) is 33.5. The zero-order valence-electron chi connectivity index (χ0n) is 33.3. The average Bonchev–Trinajstić information content (AvgIpc) is 3.95. The van der Waals surface area contributed by atoms with Crippen LogP contribution in [-0.4, -0.2) is 24.0 Å². The van der Waals surface area contributed by atoms with E-state index in [2.05, 4.69) is 71.8 Å². The SMILES string of the molecule is CC.CCC(C)CC.CCC/C=C(CC)/C(=N/S)C(=N)OCCCCCC.CCCCCCCCCCCCCCCC(=O)C1CC1. The maximum Gasteiger partial charge on any atom is 0.233 e. The molecule has 0 spiro atoms. The van der Waals surface area contributed by atoms with Crippen molar-refractivity contribution in [3.8, 4) is 0 Å². The van der Waals surface area contributed by atoms with Crippen LogP contribution in [0, 0.1) is 17.2 Å². The van der Waals surface area contributed by atoms with E-state index >= 15 is 0 Å². The van der Waals surface area contributed by atoms with Crippen LogP contribution in [0.3, 0.4) is 0 Å². The summed E-state index contributed by atoms with van der Waals surface area (Å²) in [6, 6.07) is 0. The van der Waals surface area contributed by atoms with Gasteiger partial charge >= 0.3 is 0 Å². The third kappa shape index (κ3) is 36.0. The van der Waals surface area contributed by atoms with Crippen LogP contribution < -0.4 is 0 Å². The third-order valence-corrected chi connectivity index (χ3v) is 9.08. The first-order chi connectivity index (χ1) is 22.9. The summed E-state index contributed by atoms with van der Waals surface area (Å²) in [5, 5.41) is 7.95. The van der Waals surface area contributed by atoms with Gasteiger partial charge in [0.25, 0.3) is 0 Å². The molecule has 0 heterocycles. The van der Waals surface area contributed by atoms with Gasteiger partial charge < -0.3 is 4.74 Å². The van der Waals surface area contributed by atoms with Crippen molar-refractivity contribution < 1.29 is 9.53 Å². The highest BCUT2D eigenvalue weighted by Crippen LogP contribution is 2.31. The first kappa shape index (κ1) is 50.3. The van der Waals surface area contributed by atoms with Crippen LogP contribution >= 0.6 is 12.8 Å². The topological polar surface area (TPSA) is 62.5 Å². The summed E-state index contributed by atoms with van der Waals surface area (Å²) in [5.74, 6) is 2.11. The van der Waals surface area contributed by atoms with Crippen molar-refractivity contribution in [1.29, 1.82) is 5.41 Å². The van der Waals surface area contributed by atoms with Crippen molar-refractivity contribution in [2.45, 2.75) is 223 Å². The second-order valence-electron chi connectivity index (χ2n) is 13.2. The van der Waals surface area contributed by atoms with Crippen LogP contribution in [0.1, 0.15) is 223 Å². The first-order valence-electron chi connectivity index (χ1n) is 20.5. The minimum atomic E-state index is 0.149. The number of thiol groups is 1. The molecular weight excluding hydrogens is 597 g/mol. The Kier molecular flexibility index (Phi) is 43.9. The monoisotopic (exact) mass is 681 g/mol. The van der Waals surface area contributed by atoms with Crippen LogP contribution in [0.5, 0.6) is 0 Å². The molecule has 0 radical (unpaired) electrons. The van der Waals surface area contributed by atoms with E-state index in [1.165, 1.54) is 116 Å². The fourth-order valence-electron chi connectivity index (χ4n) is 4.97. The number of rotatable bonds is 27. The van der Waals surface area contributed by atoms with Crippen molar-refractivity contribution in [2.24, 2.45) is 16.2 Å². The van der Waals surface area contributed by atoms with Gasteiger partial charge in [-0.05, 0) is 62.8 Å². The predicted molar refractivity (Wildman–Crippen MR) is 217 cm³/mol. The average molecular weight is 681 g/mol. The number of carbonyl (C=O) groups is 1. The van der Waals surface area contributed by atoms with E-state index in [-0.39, 0.29) is 5.90 Å². The van der Waals surface area contributed by atoms with E-state index in [0.717, 1.165) is 56.4 Å². The van der Waals surface area contributed by atoms with Crippen molar-refractivity contribution in [3.05, 3.63) is 11.6 Å². The van der Waals surface area contributed by atoms with Crippen molar-refractivity contribution in [1.82, 2.24) is 0 Å². The fourth-order valence-corrected chi connectivity index (χ4v) is 5.19. The third-order valence-electron chi connectivity index (χ3n) is 8.88. The lowest BCUT2D eigenvalue weighted by Crippen LogP contribution is -2.19. The molecule has 0 aromatic heterocycles. The van der Waals surface area contributed by atoms with Gasteiger partial charge in [0.2, 0.25) is 5.90 Å². The summed E-state index contributed by atoms with van der Waals surface area (Å²) in [4.78, 5) is 11.5. The zero-order valence-corrected chi connectivity index (χ0v) is 34.2. The molecule has 0 saturated heterocycles. The number of hydrogen-bond donors (Lipinski definition) is 2. The number of hydrogen-bond acceptors (Lipinski definition) is 5. The Bertz CT molecular complexity index is 726. The van der Waals surface area contributed by atoms with Crippen molar-refractivity contribution in [2.75, 3.05) is 6.61 Å². The van der Waals surface area contributed by atoms with E-state index < -0.39 is 0 Å². The predicted octanol–water partition coefficient (Wildman–Crippen LogP) is 14.9. The molecule has 0 amide bonds. The molecule has 0 aliphatic heterocycles. The zero-order chi connectivity index (χ0) is 36.0. The summed E-state index contributed by atoms with van der Waals surface area (Å²) in [7, 11) is 0. The number of carbonyl (C=O) groups excluding carboxylic acids is 1. The maximum absolute atomic E-state index is 11.5. The molecule has 1 rings (SSSR count). The number of ketones is 1. The number of allylic oxidation sites excluding steroid dienone is 1. The number of nitrogens with one attached hydrogen (secondary N) is 1. The highest BCUT2D eigenvalue weighted by atomic mass is 32.1. The van der Waals surface area contributed by atoms with Crippen LogP contribution in [0.2, 0.25) is 0 Å². The van der Waals surface area contributed by atoms with Gasteiger partial charge in [0, 0.05) is 12.3 Å². The Balaban J connectivity index is -0.000000672. The molecule has 1 N–H and O–H groups in total. The van der Waals surface area contributed by atoms with Gasteiger partial charge in [-0.25, -0.2) is 4.40 Å². The number of Topliss-reactive ketones (excluding diaryl/α,β-unsaturated/α-hetero) is 1. The summed E-state index contributed by atoms with van der Waals surface area (Å²) < 4.78 is 9.39. The second-order valence-corrected chi connectivity index (χ2v) is 13.4. The van der Waals surface area contributed by atoms with Gasteiger partial charge in [-0.3, -0.25) is 10.2 Å². The maximum atomic E-state index is 11.5. The molecule has 0 atom stereocenters. The van der Waals surface area contributed by atoms with Crippen molar-refractivity contribution >= 4 is 30.2 Å². The molecule has 1 fully saturated rings. The number of ether oxygens (including phenoxy) is 1. The summed E-state index contributed by atoms with van der Waals surface area (Å²) in [6.45, 7) is 20.0. The molecule has 1 aliphatic rings. The van der Waals surface area contributed by atoms with Crippen LogP contribution in [0.25, 0.3) is 0 Å². The number of unbranched alkanes of at least 4 members (excludes halogenated alkanes) is 16. The lowest BCUT2D eigenvalue weighted by molar-refractivity contribution is -0.120. The lowest BCUT2D eigenvalue weighted by Gasteiger charge is -2.11. The standard InChI is InChI=1S/C19H36O.C15H28N2OS.C6H14.C2H6/c1-2-3-4-5-6-7-8-9-10-11-12-13-14-15-19(20)18-16-17-18;1-4-7-9-10-12-18-15(16)14(17-19)13(6-3)11-8-5-2;1-4-6(3)5-2;1-2/h18H,2-17H2,1H3;11,16,19H,4-10,12H2,1-3H3;6H,4-5H2,1-3H3;1-2H3/b;13-11+,16-15?,17-14-;;. The Morgan fingerprint density at radius 3 is 1.55 bits per heavy atom. The fraction of sp³-hybridized carbons (Fsp3) is 0.881. The highest BCUT2D eigenvalue weighted by molar-refractivity contribution is 7.79. The Labute approximate surface area is 301 Å². The van der Waals surface area contributed by atoms with Gasteiger partial charge in [0.1, 0.15) is 11.5 Å². The highest BCUT2D eigenvalue weighted by Gasteiger charge is 2.28. The minimum Gasteiger partial charge on any atom is -0.477 e. The van der Waals surface area contributed by atoms with Gasteiger partial charge in [-0.2, -0.15) is 0 Å². The Morgan fingerprint density at radius 1 is 0.745 bits per heavy atom. The van der Waals surface area contributed by atoms with Crippen LogP contribution in [-0.2, 0) is 9.53 Å². The van der Waals surface area contributed by atoms with E-state index in [1.54, 1.807) is 0 Å². The Morgan fingerprint density at radius 2 is 1.19 bits per heavy atom. The molecule has 1 saturated carbocycles. The smallest absolute Gasteiger partial charge is 0.233 e. The van der Waals surface area contributed by atoms with Crippen molar-refractivity contribution in [3.63, 3.8) is 0 Å². The summed E-state index contributed by atoms with van der Waals surface area (Å²) >= 11 is 3.98. The largest absolute Gasteiger partial charge is 0.477 e. The quantitative estimate of drug-likeness (QED) is 0.0392. The van der Waals surface area contributed by atoms with Gasteiger partial charge in [-0.1, -0.05) is 184 Å². The summed E-state index contributed by atoms with van der Waals surface area (Å²) in [5.41, 5.74) is 1.63. The van der Waals surface area contributed by atoms with Gasteiger partial charge in [0.05, 0.1) is 6.61 Å². The van der Waals surface area contributed by atoms with Crippen LogP contribution in [0.4, 0.5) is 0 Å². The molecule has 47 heavy (non-hydrogen) atoms.